The predicted molar refractivity (Wildman–Crippen MR) is 105 cm³/mol. The highest BCUT2D eigenvalue weighted by molar-refractivity contribution is 5.98. The van der Waals surface area contributed by atoms with E-state index in [-0.39, 0.29) is 17.5 Å². The first kappa shape index (κ1) is 18.8. The molecule has 0 spiro atoms. The van der Waals surface area contributed by atoms with E-state index in [1.54, 1.807) is 6.07 Å². The molecule has 0 unspecified atom stereocenters. The molecule has 0 radical (unpaired) electrons. The van der Waals surface area contributed by atoms with Gasteiger partial charge in [0.05, 0.1) is 0 Å². The summed E-state index contributed by atoms with van der Waals surface area (Å²) in [5, 5.41) is 5.76. The van der Waals surface area contributed by atoms with Crippen LogP contribution in [0.4, 0.5) is 0 Å². The standard InChI is InChI=1S/C22H25N3O2/c26-21(24-13-11-17-7-3-1-4-8-17)19-12-14-23-20(15-19)22(27)25-16-18-9-5-2-6-10-18/h2,5-7,9-10,12,14-15H,1,3-4,8,11,13,16H2,(H,24,26)(H,25,27). The first-order valence-electron chi connectivity index (χ1n) is 9.46. The Balaban J connectivity index is 1.51. The van der Waals surface area contributed by atoms with Gasteiger partial charge in [-0.05, 0) is 49.8 Å². The van der Waals surface area contributed by atoms with Crippen molar-refractivity contribution in [3.63, 3.8) is 0 Å². The van der Waals surface area contributed by atoms with Crippen LogP contribution in [0.15, 0.2) is 60.3 Å². The SMILES string of the molecule is O=C(NCCC1=CCCCC1)c1ccnc(C(=O)NCc2ccccc2)c1. The average molecular weight is 363 g/mol. The zero-order valence-corrected chi connectivity index (χ0v) is 15.4. The van der Waals surface area contributed by atoms with Crippen LogP contribution in [0.2, 0.25) is 0 Å². The van der Waals surface area contributed by atoms with Gasteiger partial charge in [-0.3, -0.25) is 14.6 Å². The van der Waals surface area contributed by atoms with Crippen LogP contribution in [0.25, 0.3) is 0 Å². The minimum absolute atomic E-state index is 0.175. The molecule has 5 nitrogen and oxygen atoms in total. The van der Waals surface area contributed by atoms with E-state index in [0.29, 0.717) is 18.7 Å². The summed E-state index contributed by atoms with van der Waals surface area (Å²) in [6.07, 6.45) is 9.47. The van der Waals surface area contributed by atoms with E-state index in [1.165, 1.54) is 30.7 Å². The number of aromatic nitrogens is 1. The van der Waals surface area contributed by atoms with E-state index in [0.717, 1.165) is 24.8 Å². The third kappa shape index (κ3) is 5.78. The Labute approximate surface area is 159 Å². The molecule has 2 amide bonds. The van der Waals surface area contributed by atoms with Gasteiger partial charge in [0.2, 0.25) is 0 Å². The molecule has 1 aromatic heterocycles. The highest BCUT2D eigenvalue weighted by Gasteiger charge is 2.12. The van der Waals surface area contributed by atoms with Gasteiger partial charge in [0.15, 0.2) is 0 Å². The maximum Gasteiger partial charge on any atom is 0.270 e. The van der Waals surface area contributed by atoms with Crippen molar-refractivity contribution >= 4 is 11.8 Å². The zero-order valence-electron chi connectivity index (χ0n) is 15.4. The lowest BCUT2D eigenvalue weighted by Crippen LogP contribution is -2.27. The van der Waals surface area contributed by atoms with Crippen LogP contribution in [0.1, 0.15) is 58.5 Å². The molecule has 0 saturated heterocycles. The largest absolute Gasteiger partial charge is 0.352 e. The molecule has 27 heavy (non-hydrogen) atoms. The number of benzene rings is 1. The molecule has 0 aliphatic heterocycles. The molecular formula is C22H25N3O2. The molecule has 3 rings (SSSR count). The fraction of sp³-hybridized carbons (Fsp3) is 0.318. The van der Waals surface area contributed by atoms with Crippen molar-refractivity contribution in [2.45, 2.75) is 38.6 Å². The van der Waals surface area contributed by atoms with Gasteiger partial charge < -0.3 is 10.6 Å². The number of allylic oxidation sites excluding steroid dienone is 1. The number of hydrogen-bond acceptors (Lipinski definition) is 3. The van der Waals surface area contributed by atoms with Crippen molar-refractivity contribution in [1.82, 2.24) is 15.6 Å². The molecule has 0 saturated carbocycles. The molecule has 1 heterocycles. The molecule has 2 aromatic rings. The molecule has 2 N–H and O–H groups in total. The third-order valence-electron chi connectivity index (χ3n) is 4.67. The summed E-state index contributed by atoms with van der Waals surface area (Å²) in [5.41, 5.74) is 3.13. The van der Waals surface area contributed by atoms with Gasteiger partial charge in [-0.15, -0.1) is 0 Å². The molecule has 0 fully saturated rings. The Hall–Kier alpha value is -2.95. The molecule has 0 atom stereocenters. The fourth-order valence-corrected chi connectivity index (χ4v) is 3.14. The van der Waals surface area contributed by atoms with Crippen LogP contribution < -0.4 is 10.6 Å². The summed E-state index contributed by atoms with van der Waals surface area (Å²) >= 11 is 0. The van der Waals surface area contributed by atoms with Crippen molar-refractivity contribution in [2.75, 3.05) is 6.54 Å². The lowest BCUT2D eigenvalue weighted by Gasteiger charge is -2.13. The van der Waals surface area contributed by atoms with Gasteiger partial charge in [0, 0.05) is 24.8 Å². The number of carbonyl (C=O) groups excluding carboxylic acids is 2. The monoisotopic (exact) mass is 363 g/mol. The first-order valence-corrected chi connectivity index (χ1v) is 9.46. The van der Waals surface area contributed by atoms with Crippen LogP contribution in [0.5, 0.6) is 0 Å². The molecule has 1 aliphatic carbocycles. The highest BCUT2D eigenvalue weighted by Crippen LogP contribution is 2.19. The van der Waals surface area contributed by atoms with Crippen LogP contribution in [-0.4, -0.2) is 23.3 Å². The topological polar surface area (TPSA) is 71.1 Å². The third-order valence-corrected chi connectivity index (χ3v) is 4.67. The maximum atomic E-state index is 12.4. The Morgan fingerprint density at radius 3 is 2.63 bits per heavy atom. The zero-order chi connectivity index (χ0) is 18.9. The highest BCUT2D eigenvalue weighted by atomic mass is 16.2. The summed E-state index contributed by atoms with van der Waals surface area (Å²) in [6, 6.07) is 12.8. The maximum absolute atomic E-state index is 12.4. The van der Waals surface area contributed by atoms with Crippen LogP contribution in [0, 0.1) is 0 Å². The molecule has 0 bridgehead atoms. The van der Waals surface area contributed by atoms with Gasteiger partial charge in [0.25, 0.3) is 11.8 Å². The second-order valence-corrected chi connectivity index (χ2v) is 6.71. The summed E-state index contributed by atoms with van der Waals surface area (Å²) in [4.78, 5) is 28.7. The second-order valence-electron chi connectivity index (χ2n) is 6.71. The van der Waals surface area contributed by atoms with E-state index in [2.05, 4.69) is 21.7 Å². The minimum atomic E-state index is -0.291. The Morgan fingerprint density at radius 2 is 1.85 bits per heavy atom. The van der Waals surface area contributed by atoms with E-state index < -0.39 is 0 Å². The molecule has 5 heteroatoms. The van der Waals surface area contributed by atoms with Gasteiger partial charge >= 0.3 is 0 Å². The van der Waals surface area contributed by atoms with Gasteiger partial charge in [-0.1, -0.05) is 42.0 Å². The number of amides is 2. The first-order chi connectivity index (χ1) is 13.2. The number of pyridine rings is 1. The minimum Gasteiger partial charge on any atom is -0.352 e. The smallest absolute Gasteiger partial charge is 0.270 e. The van der Waals surface area contributed by atoms with Crippen LogP contribution in [0.3, 0.4) is 0 Å². The van der Waals surface area contributed by atoms with Crippen molar-refractivity contribution in [1.29, 1.82) is 0 Å². The molecule has 140 valence electrons. The van der Waals surface area contributed by atoms with E-state index in [4.69, 9.17) is 0 Å². The lowest BCUT2D eigenvalue weighted by molar-refractivity contribution is 0.0946. The average Bonchev–Trinajstić information content (AvgIpc) is 2.73. The number of hydrogen-bond donors (Lipinski definition) is 2. The van der Waals surface area contributed by atoms with Crippen LogP contribution in [-0.2, 0) is 6.54 Å². The molecule has 1 aliphatic rings. The normalized spacial score (nSPS) is 13.6. The van der Waals surface area contributed by atoms with Crippen molar-refractivity contribution in [2.24, 2.45) is 0 Å². The quantitative estimate of drug-likeness (QED) is 0.738. The Morgan fingerprint density at radius 1 is 1.00 bits per heavy atom. The predicted octanol–water partition coefficient (Wildman–Crippen LogP) is 3.63. The number of rotatable bonds is 7. The van der Waals surface area contributed by atoms with Gasteiger partial charge in [0.1, 0.15) is 5.69 Å². The summed E-state index contributed by atoms with van der Waals surface area (Å²) in [7, 11) is 0. The number of nitrogens with zero attached hydrogens (tertiary/aromatic N) is 1. The summed E-state index contributed by atoms with van der Waals surface area (Å²) in [5.74, 6) is -0.466. The Bertz CT molecular complexity index is 815. The number of nitrogens with one attached hydrogen (secondary N) is 2. The van der Waals surface area contributed by atoms with Crippen molar-refractivity contribution in [3.05, 3.63) is 77.1 Å². The van der Waals surface area contributed by atoms with Crippen molar-refractivity contribution < 1.29 is 9.59 Å². The Kier molecular flexibility index (Phi) is 6.74. The second kappa shape index (κ2) is 9.67. The van der Waals surface area contributed by atoms with Crippen LogP contribution >= 0.6 is 0 Å². The van der Waals surface area contributed by atoms with Crippen molar-refractivity contribution in [3.8, 4) is 0 Å². The fourth-order valence-electron chi connectivity index (χ4n) is 3.14. The van der Waals surface area contributed by atoms with E-state index >= 15 is 0 Å². The van der Waals surface area contributed by atoms with E-state index in [9.17, 15) is 9.59 Å². The molecule has 1 aromatic carbocycles. The lowest BCUT2D eigenvalue weighted by atomic mass is 9.97. The summed E-state index contributed by atoms with van der Waals surface area (Å²) in [6.45, 7) is 1.04. The number of carbonyl (C=O) groups is 2. The van der Waals surface area contributed by atoms with Gasteiger partial charge in [-0.25, -0.2) is 0 Å². The van der Waals surface area contributed by atoms with Gasteiger partial charge in [-0.2, -0.15) is 0 Å². The molecular weight excluding hydrogens is 338 g/mol. The summed E-state index contributed by atoms with van der Waals surface area (Å²) < 4.78 is 0. The van der Waals surface area contributed by atoms with E-state index in [1.807, 2.05) is 30.3 Å².